The molecule has 0 unspecified atom stereocenters. The standard InChI is InChI=1S/C19H20FN5O2/c1-2-24-16-7-8-21-10-13(16)19(27)25-18(24)14(11-23-25)17(26)22-9-12-5-3-4-6-15(12)20/h3-6,11,21H,2,7-10H2,1H3,(H,22,26). The Hall–Kier alpha value is -3.00. The van der Waals surface area contributed by atoms with Crippen LogP contribution in [0.2, 0.25) is 0 Å². The molecule has 27 heavy (non-hydrogen) atoms. The molecule has 140 valence electrons. The minimum absolute atomic E-state index is 0.0636. The number of aryl methyl sites for hydroxylation is 1. The molecular formula is C19H20FN5O2. The number of rotatable bonds is 4. The van der Waals surface area contributed by atoms with Crippen LogP contribution >= 0.6 is 0 Å². The van der Waals surface area contributed by atoms with Crippen LogP contribution in [0.15, 0.2) is 35.3 Å². The van der Waals surface area contributed by atoms with Crippen molar-refractivity contribution in [2.24, 2.45) is 0 Å². The molecule has 0 aliphatic carbocycles. The van der Waals surface area contributed by atoms with Crippen molar-refractivity contribution in [2.75, 3.05) is 6.54 Å². The lowest BCUT2D eigenvalue weighted by molar-refractivity contribution is 0.0952. The number of halogens is 1. The van der Waals surface area contributed by atoms with Gasteiger partial charge in [-0.25, -0.2) is 4.39 Å². The molecule has 0 saturated carbocycles. The highest BCUT2D eigenvalue weighted by molar-refractivity contribution is 5.99. The van der Waals surface area contributed by atoms with E-state index in [1.54, 1.807) is 18.2 Å². The molecule has 7 nitrogen and oxygen atoms in total. The second-order valence-corrected chi connectivity index (χ2v) is 6.47. The van der Waals surface area contributed by atoms with Gasteiger partial charge in [-0.05, 0) is 13.0 Å². The molecule has 1 aromatic carbocycles. The number of benzene rings is 1. The molecule has 2 aromatic heterocycles. The molecular weight excluding hydrogens is 349 g/mol. The lowest BCUT2D eigenvalue weighted by atomic mass is 10.1. The predicted molar refractivity (Wildman–Crippen MR) is 98.1 cm³/mol. The first-order chi connectivity index (χ1) is 13.1. The molecule has 0 bridgehead atoms. The fraction of sp³-hybridized carbons (Fsp3) is 0.316. The lowest BCUT2D eigenvalue weighted by Crippen LogP contribution is -2.36. The van der Waals surface area contributed by atoms with E-state index < -0.39 is 0 Å². The highest BCUT2D eigenvalue weighted by atomic mass is 19.1. The van der Waals surface area contributed by atoms with Crippen LogP contribution in [0.1, 0.15) is 34.1 Å². The Morgan fingerprint density at radius 3 is 2.96 bits per heavy atom. The summed E-state index contributed by atoms with van der Waals surface area (Å²) in [6.45, 7) is 3.94. The number of nitrogens with zero attached hydrogens (tertiary/aromatic N) is 3. The summed E-state index contributed by atoms with van der Waals surface area (Å²) in [7, 11) is 0. The molecule has 1 aliphatic rings. The molecule has 8 heteroatoms. The highest BCUT2D eigenvalue weighted by Gasteiger charge is 2.24. The Morgan fingerprint density at radius 1 is 1.37 bits per heavy atom. The van der Waals surface area contributed by atoms with Crippen LogP contribution in [0.5, 0.6) is 0 Å². The third kappa shape index (κ3) is 2.91. The first-order valence-corrected chi connectivity index (χ1v) is 8.96. The second-order valence-electron chi connectivity index (χ2n) is 6.47. The summed E-state index contributed by atoms with van der Waals surface area (Å²) in [5.41, 5.74) is 2.62. The number of hydrogen-bond donors (Lipinski definition) is 2. The SMILES string of the molecule is CCn1c2c(c(=O)n3ncc(C(=O)NCc4ccccc4F)c13)CNCC2. The van der Waals surface area contributed by atoms with E-state index >= 15 is 0 Å². The van der Waals surface area contributed by atoms with Gasteiger partial charge in [-0.2, -0.15) is 9.61 Å². The van der Waals surface area contributed by atoms with E-state index in [-0.39, 0.29) is 23.8 Å². The van der Waals surface area contributed by atoms with Crippen LogP contribution in [0.4, 0.5) is 4.39 Å². The van der Waals surface area contributed by atoms with E-state index in [0.29, 0.717) is 35.4 Å². The van der Waals surface area contributed by atoms with Gasteiger partial charge in [0.2, 0.25) is 0 Å². The molecule has 0 spiro atoms. The topological polar surface area (TPSA) is 80.4 Å². The van der Waals surface area contributed by atoms with Gasteiger partial charge in [0.15, 0.2) is 5.65 Å². The van der Waals surface area contributed by atoms with Crippen molar-refractivity contribution in [1.29, 1.82) is 0 Å². The summed E-state index contributed by atoms with van der Waals surface area (Å²) in [4.78, 5) is 25.5. The predicted octanol–water partition coefficient (Wildman–Crippen LogP) is 1.23. The molecule has 4 rings (SSSR count). The first kappa shape index (κ1) is 17.4. The summed E-state index contributed by atoms with van der Waals surface area (Å²) < 4.78 is 17.0. The smallest absolute Gasteiger partial charge is 0.279 e. The fourth-order valence-electron chi connectivity index (χ4n) is 3.59. The van der Waals surface area contributed by atoms with Gasteiger partial charge in [-0.1, -0.05) is 18.2 Å². The molecule has 0 fully saturated rings. The van der Waals surface area contributed by atoms with Gasteiger partial charge < -0.3 is 15.2 Å². The van der Waals surface area contributed by atoms with Crippen LogP contribution in [0.3, 0.4) is 0 Å². The summed E-state index contributed by atoms with van der Waals surface area (Å²) in [5.74, 6) is -0.756. The Kier molecular flexibility index (Phi) is 4.49. The van der Waals surface area contributed by atoms with Gasteiger partial charge in [0.1, 0.15) is 11.4 Å². The zero-order chi connectivity index (χ0) is 19.0. The summed E-state index contributed by atoms with van der Waals surface area (Å²) >= 11 is 0. The molecule has 0 atom stereocenters. The van der Waals surface area contributed by atoms with Crippen LogP contribution < -0.4 is 16.2 Å². The van der Waals surface area contributed by atoms with Crippen molar-refractivity contribution < 1.29 is 9.18 Å². The maximum absolute atomic E-state index is 13.8. The maximum Gasteiger partial charge on any atom is 0.279 e. The Labute approximate surface area is 154 Å². The van der Waals surface area contributed by atoms with Crippen LogP contribution in [0, 0.1) is 5.82 Å². The molecule has 3 aromatic rings. The van der Waals surface area contributed by atoms with E-state index in [1.165, 1.54) is 16.8 Å². The third-order valence-electron chi connectivity index (χ3n) is 4.92. The van der Waals surface area contributed by atoms with E-state index in [1.807, 2.05) is 11.5 Å². The minimum Gasteiger partial charge on any atom is -0.348 e. The van der Waals surface area contributed by atoms with Gasteiger partial charge in [0.05, 0.1) is 11.8 Å². The molecule has 1 amide bonds. The number of fused-ring (bicyclic) bond motifs is 2. The quantitative estimate of drug-likeness (QED) is 0.725. The lowest BCUT2D eigenvalue weighted by Gasteiger charge is -2.22. The number of aromatic nitrogens is 3. The van der Waals surface area contributed by atoms with E-state index in [9.17, 15) is 14.0 Å². The van der Waals surface area contributed by atoms with Crippen molar-refractivity contribution in [3.05, 3.63) is 69.0 Å². The number of carbonyl (C=O) groups is 1. The molecule has 1 aliphatic heterocycles. The van der Waals surface area contributed by atoms with Gasteiger partial charge in [-0.15, -0.1) is 0 Å². The first-order valence-electron chi connectivity index (χ1n) is 8.96. The number of nitrogens with one attached hydrogen (secondary N) is 2. The normalized spacial score (nSPS) is 13.6. The van der Waals surface area contributed by atoms with Crippen molar-refractivity contribution in [1.82, 2.24) is 24.8 Å². The number of amides is 1. The highest BCUT2D eigenvalue weighted by Crippen LogP contribution is 2.18. The fourth-order valence-corrected chi connectivity index (χ4v) is 3.59. The van der Waals surface area contributed by atoms with Gasteiger partial charge in [0.25, 0.3) is 11.5 Å². The van der Waals surface area contributed by atoms with Crippen LogP contribution in [-0.2, 0) is 26.1 Å². The van der Waals surface area contributed by atoms with Crippen molar-refractivity contribution >= 4 is 11.6 Å². The second kappa shape index (κ2) is 6.96. The Bertz CT molecular complexity index is 1090. The van der Waals surface area contributed by atoms with Crippen molar-refractivity contribution in [3.8, 4) is 0 Å². The summed E-state index contributed by atoms with van der Waals surface area (Å²) in [6.07, 6.45) is 2.12. The summed E-state index contributed by atoms with van der Waals surface area (Å²) in [6, 6.07) is 6.29. The minimum atomic E-state index is -0.385. The van der Waals surface area contributed by atoms with E-state index in [4.69, 9.17) is 0 Å². The molecule has 3 heterocycles. The van der Waals surface area contributed by atoms with Gasteiger partial charge >= 0.3 is 0 Å². The molecule has 0 saturated heterocycles. The largest absolute Gasteiger partial charge is 0.348 e. The van der Waals surface area contributed by atoms with Crippen LogP contribution in [-0.4, -0.2) is 26.6 Å². The summed E-state index contributed by atoms with van der Waals surface area (Å²) in [5, 5.41) is 10.1. The maximum atomic E-state index is 13.8. The number of hydrogen-bond acceptors (Lipinski definition) is 4. The van der Waals surface area contributed by atoms with Gasteiger partial charge in [-0.3, -0.25) is 9.59 Å². The average Bonchev–Trinajstić information content (AvgIpc) is 3.13. The Morgan fingerprint density at radius 2 is 2.19 bits per heavy atom. The van der Waals surface area contributed by atoms with E-state index in [0.717, 1.165) is 18.7 Å². The zero-order valence-corrected chi connectivity index (χ0v) is 15.0. The zero-order valence-electron chi connectivity index (χ0n) is 15.0. The number of carbonyl (C=O) groups excluding carboxylic acids is 1. The van der Waals surface area contributed by atoms with Crippen molar-refractivity contribution in [2.45, 2.75) is 33.0 Å². The van der Waals surface area contributed by atoms with Gasteiger partial charge in [0, 0.05) is 43.9 Å². The molecule has 0 radical (unpaired) electrons. The monoisotopic (exact) mass is 369 g/mol. The van der Waals surface area contributed by atoms with Crippen molar-refractivity contribution in [3.63, 3.8) is 0 Å². The third-order valence-corrected chi connectivity index (χ3v) is 4.92. The Balaban J connectivity index is 1.74. The molecule has 2 N–H and O–H groups in total. The van der Waals surface area contributed by atoms with Crippen LogP contribution in [0.25, 0.3) is 5.65 Å². The average molecular weight is 369 g/mol. The van der Waals surface area contributed by atoms with E-state index in [2.05, 4.69) is 15.7 Å².